The van der Waals surface area contributed by atoms with Crippen LogP contribution in [0.3, 0.4) is 0 Å². The van der Waals surface area contributed by atoms with Gasteiger partial charge in [-0.15, -0.1) is 0 Å². The van der Waals surface area contributed by atoms with Crippen LogP contribution in [-0.4, -0.2) is 26.0 Å². The number of hydrogen-bond donors (Lipinski definition) is 1. The Hall–Kier alpha value is -1.05. The fraction of sp³-hybridized carbons (Fsp3) is 0.400. The van der Waals surface area contributed by atoms with E-state index >= 15 is 0 Å². The first kappa shape index (κ1) is 12.4. The van der Waals surface area contributed by atoms with Crippen molar-refractivity contribution >= 4 is 17.0 Å². The Labute approximate surface area is 99.3 Å². The average molecular weight is 262 g/mol. The topological polar surface area (TPSA) is 63.6 Å². The van der Waals surface area contributed by atoms with Crippen molar-refractivity contribution in [2.24, 2.45) is 0 Å². The van der Waals surface area contributed by atoms with Crippen LogP contribution in [0.5, 0.6) is 0 Å². The molecule has 94 valence electrons. The molecular formula is C10H10F2NO3S-. The second kappa shape index (κ2) is 4.67. The molecule has 0 heterocycles. The van der Waals surface area contributed by atoms with E-state index < -0.39 is 35.0 Å². The molecule has 4 nitrogen and oxygen atoms in total. The third-order valence-corrected chi connectivity index (χ3v) is 3.62. The van der Waals surface area contributed by atoms with E-state index in [1.54, 1.807) is 0 Å². The largest absolute Gasteiger partial charge is 0.755 e. The summed E-state index contributed by atoms with van der Waals surface area (Å²) in [5.41, 5.74) is 0.0148. The molecule has 1 N–H and O–H groups in total. The molecule has 0 spiro atoms. The first-order valence-corrected chi connectivity index (χ1v) is 6.05. The molecule has 1 aliphatic carbocycles. The van der Waals surface area contributed by atoms with Crippen LogP contribution in [0.2, 0.25) is 0 Å². The van der Waals surface area contributed by atoms with Crippen LogP contribution in [0.15, 0.2) is 18.2 Å². The molecule has 2 rings (SSSR count). The highest BCUT2D eigenvalue weighted by Crippen LogP contribution is 2.31. The van der Waals surface area contributed by atoms with E-state index in [9.17, 15) is 22.6 Å². The maximum atomic E-state index is 13.0. The number of aliphatic hydroxyl groups excluding tert-OH is 1. The third kappa shape index (κ3) is 2.31. The van der Waals surface area contributed by atoms with E-state index in [4.69, 9.17) is 0 Å². The molecule has 1 fully saturated rings. The van der Waals surface area contributed by atoms with Gasteiger partial charge in [-0.3, -0.25) is 8.51 Å². The first-order valence-electron chi connectivity index (χ1n) is 5.02. The van der Waals surface area contributed by atoms with Gasteiger partial charge >= 0.3 is 0 Å². The fourth-order valence-electron chi connectivity index (χ4n) is 1.75. The Morgan fingerprint density at radius 2 is 2.06 bits per heavy atom. The minimum absolute atomic E-state index is 0.0148. The SMILES string of the molecule is O=S([O-])N(c1ccc(F)c(F)c1)C1CCC1O. The van der Waals surface area contributed by atoms with Gasteiger partial charge in [0.1, 0.15) is 0 Å². The molecule has 0 saturated heterocycles. The van der Waals surface area contributed by atoms with Crippen molar-refractivity contribution in [1.29, 1.82) is 0 Å². The summed E-state index contributed by atoms with van der Waals surface area (Å²) < 4.78 is 48.8. The van der Waals surface area contributed by atoms with Crippen LogP contribution in [0.4, 0.5) is 14.5 Å². The fourth-order valence-corrected chi connectivity index (χ4v) is 2.50. The van der Waals surface area contributed by atoms with Crippen molar-refractivity contribution in [3.05, 3.63) is 29.8 Å². The van der Waals surface area contributed by atoms with Gasteiger partial charge in [-0.05, 0) is 25.0 Å². The lowest BCUT2D eigenvalue weighted by atomic mass is 9.89. The maximum absolute atomic E-state index is 13.0. The number of halogens is 2. The second-order valence-electron chi connectivity index (χ2n) is 3.85. The molecule has 0 aromatic heterocycles. The lowest BCUT2D eigenvalue weighted by Gasteiger charge is -2.43. The number of benzene rings is 1. The summed E-state index contributed by atoms with van der Waals surface area (Å²) in [6, 6.07) is 2.23. The standard InChI is InChI=1S/C10H11F2NO3S/c11-7-2-1-6(5-8(7)12)13(17(15)16)9-3-4-10(9)14/h1-2,5,9-10,14H,3-4H2,(H,15,16)/p-1. The van der Waals surface area contributed by atoms with Crippen molar-refractivity contribution in [2.45, 2.75) is 25.0 Å². The maximum Gasteiger partial charge on any atom is 0.160 e. The summed E-state index contributed by atoms with van der Waals surface area (Å²) in [7, 11) is 0. The van der Waals surface area contributed by atoms with E-state index in [-0.39, 0.29) is 5.69 Å². The Balaban J connectivity index is 2.32. The number of rotatable bonds is 3. The summed E-state index contributed by atoms with van der Waals surface area (Å²) in [5.74, 6) is -2.16. The van der Waals surface area contributed by atoms with Gasteiger partial charge < -0.3 is 9.66 Å². The Bertz CT molecular complexity index is 457. The predicted molar refractivity (Wildman–Crippen MR) is 56.8 cm³/mol. The van der Waals surface area contributed by atoms with Crippen LogP contribution in [-0.2, 0) is 11.3 Å². The normalized spacial score (nSPS) is 25.2. The Kier molecular flexibility index (Phi) is 3.41. The highest BCUT2D eigenvalue weighted by Gasteiger charge is 2.35. The minimum Gasteiger partial charge on any atom is -0.755 e. The smallest absolute Gasteiger partial charge is 0.160 e. The molecule has 1 saturated carbocycles. The van der Waals surface area contributed by atoms with E-state index in [2.05, 4.69) is 0 Å². The van der Waals surface area contributed by atoms with Gasteiger partial charge in [-0.2, -0.15) is 0 Å². The van der Waals surface area contributed by atoms with Crippen molar-refractivity contribution in [3.63, 3.8) is 0 Å². The molecule has 0 amide bonds. The highest BCUT2D eigenvalue weighted by atomic mass is 32.2. The van der Waals surface area contributed by atoms with E-state index in [1.807, 2.05) is 0 Å². The van der Waals surface area contributed by atoms with Gasteiger partial charge in [0.2, 0.25) is 0 Å². The Morgan fingerprint density at radius 3 is 2.47 bits per heavy atom. The quantitative estimate of drug-likeness (QED) is 0.829. The van der Waals surface area contributed by atoms with E-state index in [1.165, 1.54) is 6.07 Å². The van der Waals surface area contributed by atoms with Crippen LogP contribution < -0.4 is 4.31 Å². The predicted octanol–water partition coefficient (Wildman–Crippen LogP) is 1.09. The summed E-state index contributed by atoms with van der Waals surface area (Å²) >= 11 is -2.63. The third-order valence-electron chi connectivity index (χ3n) is 2.82. The lowest BCUT2D eigenvalue weighted by molar-refractivity contribution is 0.0713. The zero-order chi connectivity index (χ0) is 12.6. The van der Waals surface area contributed by atoms with Gasteiger partial charge in [0.05, 0.1) is 17.8 Å². The molecule has 17 heavy (non-hydrogen) atoms. The monoisotopic (exact) mass is 262 g/mol. The average Bonchev–Trinajstić information content (AvgIpc) is 2.27. The van der Waals surface area contributed by atoms with Gasteiger partial charge in [0.15, 0.2) is 11.6 Å². The molecule has 3 atom stereocenters. The highest BCUT2D eigenvalue weighted by molar-refractivity contribution is 7.80. The molecule has 1 aliphatic rings. The van der Waals surface area contributed by atoms with Crippen LogP contribution >= 0.6 is 0 Å². The molecule has 0 aliphatic heterocycles. The van der Waals surface area contributed by atoms with Crippen molar-refractivity contribution < 1.29 is 22.6 Å². The second-order valence-corrected chi connectivity index (χ2v) is 4.68. The lowest BCUT2D eigenvalue weighted by Crippen LogP contribution is -2.51. The zero-order valence-electron chi connectivity index (χ0n) is 8.68. The van der Waals surface area contributed by atoms with Gasteiger partial charge in [0.25, 0.3) is 0 Å². The molecule has 3 unspecified atom stereocenters. The molecule has 1 aromatic rings. The molecule has 7 heteroatoms. The summed E-state index contributed by atoms with van der Waals surface area (Å²) in [4.78, 5) is 0. The molecular weight excluding hydrogens is 252 g/mol. The number of anilines is 1. The van der Waals surface area contributed by atoms with Gasteiger partial charge in [0, 0.05) is 17.3 Å². The Morgan fingerprint density at radius 1 is 1.35 bits per heavy atom. The van der Waals surface area contributed by atoms with Gasteiger partial charge in [-0.1, -0.05) is 0 Å². The van der Waals surface area contributed by atoms with Gasteiger partial charge in [-0.25, -0.2) is 8.78 Å². The summed E-state index contributed by atoms with van der Waals surface area (Å²) in [6.07, 6.45) is 0.233. The first-order chi connectivity index (χ1) is 8.00. The number of aliphatic hydroxyl groups is 1. The number of hydrogen-bond acceptors (Lipinski definition) is 3. The molecule has 1 aromatic carbocycles. The minimum atomic E-state index is -2.63. The van der Waals surface area contributed by atoms with Crippen molar-refractivity contribution in [3.8, 4) is 0 Å². The van der Waals surface area contributed by atoms with Crippen molar-refractivity contribution in [1.82, 2.24) is 0 Å². The summed E-state index contributed by atoms with van der Waals surface area (Å²) in [5, 5.41) is 9.43. The number of nitrogens with zero attached hydrogens (tertiary/aromatic N) is 1. The van der Waals surface area contributed by atoms with E-state index in [0.29, 0.717) is 12.8 Å². The zero-order valence-corrected chi connectivity index (χ0v) is 9.49. The van der Waals surface area contributed by atoms with E-state index in [0.717, 1.165) is 16.4 Å². The molecule has 0 radical (unpaired) electrons. The summed E-state index contributed by atoms with van der Waals surface area (Å²) in [6.45, 7) is 0. The molecule has 0 bridgehead atoms. The van der Waals surface area contributed by atoms with Crippen LogP contribution in [0.1, 0.15) is 12.8 Å². The van der Waals surface area contributed by atoms with Crippen molar-refractivity contribution in [2.75, 3.05) is 4.31 Å². The van der Waals surface area contributed by atoms with Crippen LogP contribution in [0, 0.1) is 11.6 Å². The van der Waals surface area contributed by atoms with Crippen LogP contribution in [0.25, 0.3) is 0 Å².